The van der Waals surface area contributed by atoms with Crippen LogP contribution < -0.4 is 0 Å². The van der Waals surface area contributed by atoms with Crippen LogP contribution in [0.15, 0.2) is 54.1 Å². The van der Waals surface area contributed by atoms with Gasteiger partial charge in [-0.2, -0.15) is 0 Å². The lowest BCUT2D eigenvalue weighted by Gasteiger charge is -2.25. The molecule has 1 aliphatic heterocycles. The largest absolute Gasteiger partial charge is 0.507 e. The molecule has 1 unspecified atom stereocenters. The summed E-state index contributed by atoms with van der Waals surface area (Å²) in [6.45, 7) is 2.43. The summed E-state index contributed by atoms with van der Waals surface area (Å²) >= 11 is 6.12. The van der Waals surface area contributed by atoms with Gasteiger partial charge in [0.25, 0.3) is 11.7 Å². The normalized spacial score (nSPS) is 18.9. The number of hydrogen-bond acceptors (Lipinski definition) is 4. The number of carbonyl (C=O) groups is 2. The molecular weight excluding hydrogens is 366 g/mol. The van der Waals surface area contributed by atoms with Crippen molar-refractivity contribution in [2.75, 3.05) is 20.3 Å². The third-order valence-electron chi connectivity index (χ3n) is 4.57. The maximum absolute atomic E-state index is 12.7. The number of aliphatic hydroxyl groups is 1. The first kappa shape index (κ1) is 19.1. The van der Waals surface area contributed by atoms with Gasteiger partial charge in [-0.05, 0) is 24.6 Å². The molecule has 3 rings (SSSR count). The van der Waals surface area contributed by atoms with Gasteiger partial charge in [-0.3, -0.25) is 9.59 Å². The van der Waals surface area contributed by atoms with E-state index in [1.807, 2.05) is 19.1 Å². The summed E-state index contributed by atoms with van der Waals surface area (Å²) in [5, 5.41) is 11.3. The number of carbonyl (C=O) groups excluding carboxylic acids is 2. The first-order valence-electron chi connectivity index (χ1n) is 8.54. The molecule has 1 heterocycles. The number of benzene rings is 2. The average molecular weight is 386 g/mol. The number of ketones is 1. The molecule has 2 aromatic carbocycles. The summed E-state index contributed by atoms with van der Waals surface area (Å²) in [6, 6.07) is 13.3. The Hall–Kier alpha value is -2.63. The van der Waals surface area contributed by atoms with Crippen LogP contribution in [0.2, 0.25) is 5.02 Å². The molecule has 140 valence electrons. The van der Waals surface area contributed by atoms with Gasteiger partial charge in [0.05, 0.1) is 18.2 Å². The van der Waals surface area contributed by atoms with Gasteiger partial charge in [0.2, 0.25) is 0 Å². The molecule has 1 atom stereocenters. The van der Waals surface area contributed by atoms with E-state index in [-0.39, 0.29) is 24.5 Å². The molecule has 0 aromatic heterocycles. The third-order valence-corrected chi connectivity index (χ3v) is 4.80. The molecule has 2 aromatic rings. The Bertz CT molecular complexity index is 905. The standard InChI is InChI=1S/C21H20ClNO4/c1-13-6-8-14(9-7-13)19(24)17-18(15-4-3-5-16(22)12-15)23(10-11-27-2)21(26)20(17)25/h3-9,12,18,24H,10-11H2,1-2H3. The molecule has 0 radical (unpaired) electrons. The van der Waals surface area contributed by atoms with Crippen molar-refractivity contribution in [1.29, 1.82) is 0 Å². The number of amides is 1. The van der Waals surface area contributed by atoms with E-state index in [1.165, 1.54) is 12.0 Å². The number of hydrogen-bond donors (Lipinski definition) is 1. The minimum absolute atomic E-state index is 0.0576. The summed E-state index contributed by atoms with van der Waals surface area (Å²) < 4.78 is 5.08. The van der Waals surface area contributed by atoms with Crippen LogP contribution in [0, 0.1) is 6.92 Å². The molecule has 1 fully saturated rings. The Balaban J connectivity index is 2.16. The number of Topliss-reactive ketones (excluding diaryl/α,β-unsaturated/α-hetero) is 1. The second-order valence-electron chi connectivity index (χ2n) is 6.41. The molecule has 1 saturated heterocycles. The summed E-state index contributed by atoms with van der Waals surface area (Å²) in [4.78, 5) is 26.8. The second kappa shape index (κ2) is 7.94. The van der Waals surface area contributed by atoms with E-state index in [2.05, 4.69) is 0 Å². The van der Waals surface area contributed by atoms with Crippen molar-refractivity contribution in [3.63, 3.8) is 0 Å². The SMILES string of the molecule is COCCN1C(=O)C(=O)C(=C(O)c2ccc(C)cc2)C1c1cccc(Cl)c1. The van der Waals surface area contributed by atoms with Gasteiger partial charge in [-0.25, -0.2) is 0 Å². The lowest BCUT2D eigenvalue weighted by atomic mass is 9.95. The predicted molar refractivity (Wildman–Crippen MR) is 104 cm³/mol. The molecular formula is C21H20ClNO4. The zero-order valence-electron chi connectivity index (χ0n) is 15.1. The molecule has 5 nitrogen and oxygen atoms in total. The maximum Gasteiger partial charge on any atom is 0.295 e. The minimum atomic E-state index is -0.722. The maximum atomic E-state index is 12.7. The first-order valence-corrected chi connectivity index (χ1v) is 8.91. The van der Waals surface area contributed by atoms with Crippen LogP contribution >= 0.6 is 11.6 Å². The Morgan fingerprint density at radius 2 is 1.89 bits per heavy atom. The number of aliphatic hydroxyl groups excluding tert-OH is 1. The van der Waals surface area contributed by atoms with Gasteiger partial charge in [0.1, 0.15) is 5.76 Å². The molecule has 1 aliphatic rings. The van der Waals surface area contributed by atoms with Crippen molar-refractivity contribution in [2.24, 2.45) is 0 Å². The van der Waals surface area contributed by atoms with Crippen LogP contribution in [0.1, 0.15) is 22.7 Å². The van der Waals surface area contributed by atoms with Gasteiger partial charge >= 0.3 is 0 Å². The number of likely N-dealkylation sites (tertiary alicyclic amines) is 1. The lowest BCUT2D eigenvalue weighted by molar-refractivity contribution is -0.140. The summed E-state index contributed by atoms with van der Waals surface area (Å²) in [5.74, 6) is -1.57. The van der Waals surface area contributed by atoms with Crippen molar-refractivity contribution >= 4 is 29.1 Å². The van der Waals surface area contributed by atoms with E-state index in [0.29, 0.717) is 16.1 Å². The van der Waals surface area contributed by atoms with Crippen molar-refractivity contribution in [3.8, 4) is 0 Å². The Morgan fingerprint density at radius 3 is 2.52 bits per heavy atom. The minimum Gasteiger partial charge on any atom is -0.507 e. The quantitative estimate of drug-likeness (QED) is 0.484. The van der Waals surface area contributed by atoms with E-state index >= 15 is 0 Å². The van der Waals surface area contributed by atoms with Gasteiger partial charge < -0.3 is 14.7 Å². The average Bonchev–Trinajstić information content (AvgIpc) is 2.91. The Morgan fingerprint density at radius 1 is 1.19 bits per heavy atom. The molecule has 1 amide bonds. The fraction of sp³-hybridized carbons (Fsp3) is 0.238. The van der Waals surface area contributed by atoms with Crippen molar-refractivity contribution in [2.45, 2.75) is 13.0 Å². The van der Waals surface area contributed by atoms with Crippen LogP contribution in [-0.2, 0) is 14.3 Å². The van der Waals surface area contributed by atoms with Crippen LogP contribution in [0.3, 0.4) is 0 Å². The van der Waals surface area contributed by atoms with E-state index in [1.54, 1.807) is 36.4 Å². The number of methoxy groups -OCH3 is 1. The fourth-order valence-electron chi connectivity index (χ4n) is 3.19. The van der Waals surface area contributed by atoms with Gasteiger partial charge in [0, 0.05) is 24.2 Å². The van der Waals surface area contributed by atoms with Crippen LogP contribution in [0.5, 0.6) is 0 Å². The second-order valence-corrected chi connectivity index (χ2v) is 6.84. The Labute approximate surface area is 162 Å². The van der Waals surface area contributed by atoms with Crippen LogP contribution in [0.4, 0.5) is 0 Å². The number of nitrogens with zero attached hydrogens (tertiary/aromatic N) is 1. The molecule has 0 bridgehead atoms. The molecule has 27 heavy (non-hydrogen) atoms. The number of ether oxygens (including phenoxy) is 1. The topological polar surface area (TPSA) is 66.8 Å². The zero-order valence-corrected chi connectivity index (χ0v) is 15.9. The highest BCUT2D eigenvalue weighted by molar-refractivity contribution is 6.46. The van der Waals surface area contributed by atoms with Gasteiger partial charge in [0.15, 0.2) is 0 Å². The van der Waals surface area contributed by atoms with Crippen molar-refractivity contribution in [1.82, 2.24) is 4.90 Å². The molecule has 0 spiro atoms. The highest BCUT2D eigenvalue weighted by Crippen LogP contribution is 2.39. The van der Waals surface area contributed by atoms with Crippen LogP contribution in [-0.4, -0.2) is 42.0 Å². The van der Waals surface area contributed by atoms with Crippen LogP contribution in [0.25, 0.3) is 5.76 Å². The highest BCUT2D eigenvalue weighted by atomic mass is 35.5. The lowest BCUT2D eigenvalue weighted by Crippen LogP contribution is -2.32. The fourth-order valence-corrected chi connectivity index (χ4v) is 3.39. The van der Waals surface area contributed by atoms with Gasteiger partial charge in [-0.15, -0.1) is 0 Å². The number of halogens is 1. The molecule has 6 heteroatoms. The Kier molecular flexibility index (Phi) is 5.63. The molecule has 1 N–H and O–H groups in total. The van der Waals surface area contributed by atoms with E-state index in [0.717, 1.165) is 5.56 Å². The van der Waals surface area contributed by atoms with E-state index < -0.39 is 17.7 Å². The van der Waals surface area contributed by atoms with Gasteiger partial charge in [-0.1, -0.05) is 53.6 Å². The predicted octanol–water partition coefficient (Wildman–Crippen LogP) is 3.72. The van der Waals surface area contributed by atoms with E-state index in [9.17, 15) is 14.7 Å². The smallest absolute Gasteiger partial charge is 0.295 e. The van der Waals surface area contributed by atoms with E-state index in [4.69, 9.17) is 16.3 Å². The third kappa shape index (κ3) is 3.75. The summed E-state index contributed by atoms with van der Waals surface area (Å²) in [7, 11) is 1.53. The summed E-state index contributed by atoms with van der Waals surface area (Å²) in [6.07, 6.45) is 0. The molecule has 0 saturated carbocycles. The zero-order chi connectivity index (χ0) is 19.6. The highest BCUT2D eigenvalue weighted by Gasteiger charge is 2.45. The summed E-state index contributed by atoms with van der Waals surface area (Å²) in [5.41, 5.74) is 2.23. The molecule has 0 aliphatic carbocycles. The number of aryl methyl sites for hydroxylation is 1. The first-order chi connectivity index (χ1) is 12.9. The number of rotatable bonds is 5. The van der Waals surface area contributed by atoms with Crippen molar-refractivity contribution < 1.29 is 19.4 Å². The monoisotopic (exact) mass is 385 g/mol. The van der Waals surface area contributed by atoms with Crippen molar-refractivity contribution in [3.05, 3.63) is 75.8 Å².